The lowest BCUT2D eigenvalue weighted by molar-refractivity contribution is 0.0951. The summed E-state index contributed by atoms with van der Waals surface area (Å²) >= 11 is 0. The Balaban J connectivity index is 2.24. The van der Waals surface area contributed by atoms with Gasteiger partial charge >= 0.3 is 0 Å². The molecule has 0 bridgehead atoms. The summed E-state index contributed by atoms with van der Waals surface area (Å²) in [5.41, 5.74) is 6.55. The van der Waals surface area contributed by atoms with Crippen molar-refractivity contribution in [3.63, 3.8) is 0 Å². The molecule has 0 saturated carbocycles. The zero-order valence-electron chi connectivity index (χ0n) is 11.4. The summed E-state index contributed by atoms with van der Waals surface area (Å²) in [6, 6.07) is 3.62. The van der Waals surface area contributed by atoms with Crippen molar-refractivity contribution in [3.05, 3.63) is 46.0 Å². The minimum absolute atomic E-state index is 0.0563. The van der Waals surface area contributed by atoms with E-state index in [1.165, 1.54) is 10.6 Å². The van der Waals surface area contributed by atoms with Crippen molar-refractivity contribution in [2.45, 2.75) is 19.8 Å². The van der Waals surface area contributed by atoms with Crippen molar-refractivity contribution in [3.8, 4) is 0 Å². The fraction of sp³-hybridized carbons (Fsp3) is 0.357. The minimum Gasteiger partial charge on any atom is -0.352 e. The predicted molar refractivity (Wildman–Crippen MR) is 76.8 cm³/mol. The Labute approximate surface area is 116 Å². The van der Waals surface area contributed by atoms with Crippen LogP contribution in [0.5, 0.6) is 0 Å². The first kappa shape index (κ1) is 14.2. The van der Waals surface area contributed by atoms with Crippen molar-refractivity contribution in [2.24, 2.45) is 5.73 Å². The first-order chi connectivity index (χ1) is 9.63. The number of pyridine rings is 1. The Kier molecular flexibility index (Phi) is 4.47. The van der Waals surface area contributed by atoms with Crippen LogP contribution in [0.3, 0.4) is 0 Å². The molecule has 2 heterocycles. The molecule has 2 aromatic heterocycles. The lowest BCUT2D eigenvalue weighted by atomic mass is 10.2. The van der Waals surface area contributed by atoms with Crippen molar-refractivity contribution in [1.29, 1.82) is 0 Å². The molecular formula is C14H18N4O2. The zero-order valence-corrected chi connectivity index (χ0v) is 11.4. The van der Waals surface area contributed by atoms with E-state index in [1.54, 1.807) is 12.3 Å². The van der Waals surface area contributed by atoms with Gasteiger partial charge in [0.25, 0.3) is 11.5 Å². The summed E-state index contributed by atoms with van der Waals surface area (Å²) < 4.78 is 1.39. The van der Waals surface area contributed by atoms with E-state index < -0.39 is 5.91 Å². The summed E-state index contributed by atoms with van der Waals surface area (Å²) in [5.74, 6) is -0.393. The second-order valence-corrected chi connectivity index (χ2v) is 4.66. The van der Waals surface area contributed by atoms with Crippen molar-refractivity contribution >= 4 is 11.6 Å². The lowest BCUT2D eigenvalue weighted by Gasteiger charge is -2.06. The van der Waals surface area contributed by atoms with Crippen molar-refractivity contribution in [1.82, 2.24) is 14.7 Å². The molecule has 3 N–H and O–H groups in total. The van der Waals surface area contributed by atoms with E-state index in [1.807, 2.05) is 13.0 Å². The predicted octanol–water partition coefficient (Wildman–Crippen LogP) is 0.472. The Morgan fingerprint density at radius 1 is 1.40 bits per heavy atom. The standard InChI is InChI=1S/C14H18N4O2/c1-10-4-5-12-17-8-11(14(20)18(12)9-10)13(19)16-7-3-2-6-15/h4-5,8-9H,2-3,6-7,15H2,1H3,(H,16,19). The fourth-order valence-electron chi connectivity index (χ4n) is 1.90. The molecule has 1 amide bonds. The number of nitrogens with two attached hydrogens (primary N) is 1. The number of aromatic nitrogens is 2. The average molecular weight is 274 g/mol. The van der Waals surface area contributed by atoms with Crippen LogP contribution in [0, 0.1) is 6.92 Å². The second kappa shape index (κ2) is 6.29. The van der Waals surface area contributed by atoms with E-state index in [-0.39, 0.29) is 11.1 Å². The highest BCUT2D eigenvalue weighted by Gasteiger charge is 2.12. The Morgan fingerprint density at radius 2 is 2.20 bits per heavy atom. The topological polar surface area (TPSA) is 89.5 Å². The van der Waals surface area contributed by atoms with E-state index in [0.717, 1.165) is 18.4 Å². The van der Waals surface area contributed by atoms with Gasteiger partial charge in [-0.2, -0.15) is 0 Å². The molecule has 6 nitrogen and oxygen atoms in total. The molecule has 0 spiro atoms. The molecule has 0 fully saturated rings. The molecule has 2 aromatic rings. The summed E-state index contributed by atoms with van der Waals surface area (Å²) in [4.78, 5) is 28.3. The monoisotopic (exact) mass is 274 g/mol. The molecular weight excluding hydrogens is 256 g/mol. The second-order valence-electron chi connectivity index (χ2n) is 4.66. The van der Waals surface area contributed by atoms with E-state index in [9.17, 15) is 9.59 Å². The highest BCUT2D eigenvalue weighted by molar-refractivity contribution is 5.93. The molecule has 0 aliphatic carbocycles. The van der Waals surface area contributed by atoms with Crippen LogP contribution in [-0.4, -0.2) is 28.4 Å². The number of carbonyl (C=O) groups excluding carboxylic acids is 1. The number of hydrogen-bond acceptors (Lipinski definition) is 4. The normalized spacial score (nSPS) is 10.7. The van der Waals surface area contributed by atoms with Crippen molar-refractivity contribution < 1.29 is 4.79 Å². The van der Waals surface area contributed by atoms with E-state index in [0.29, 0.717) is 18.7 Å². The highest BCUT2D eigenvalue weighted by Crippen LogP contribution is 2.01. The van der Waals surface area contributed by atoms with Gasteiger partial charge < -0.3 is 11.1 Å². The van der Waals surface area contributed by atoms with Gasteiger partial charge in [0.2, 0.25) is 0 Å². The van der Waals surface area contributed by atoms with Crippen molar-refractivity contribution in [2.75, 3.05) is 13.1 Å². The van der Waals surface area contributed by atoms with Gasteiger partial charge in [-0.15, -0.1) is 0 Å². The first-order valence-electron chi connectivity index (χ1n) is 6.60. The number of amides is 1. The lowest BCUT2D eigenvalue weighted by Crippen LogP contribution is -2.32. The van der Waals surface area contributed by atoms with Crippen LogP contribution in [0.15, 0.2) is 29.3 Å². The molecule has 0 aliphatic rings. The van der Waals surface area contributed by atoms with Crippen LogP contribution < -0.4 is 16.6 Å². The SMILES string of the molecule is Cc1ccc2ncc(C(=O)NCCCCN)c(=O)n2c1. The van der Waals surface area contributed by atoms with Gasteiger partial charge in [0.1, 0.15) is 11.2 Å². The summed E-state index contributed by atoms with van der Waals surface area (Å²) in [6.07, 6.45) is 4.64. The van der Waals surface area contributed by atoms with Gasteiger partial charge in [-0.1, -0.05) is 6.07 Å². The largest absolute Gasteiger partial charge is 0.352 e. The number of nitrogens with zero attached hydrogens (tertiary/aromatic N) is 2. The molecule has 0 saturated heterocycles. The summed E-state index contributed by atoms with van der Waals surface area (Å²) in [5, 5.41) is 2.71. The van der Waals surface area contributed by atoms with Gasteiger partial charge in [0.15, 0.2) is 0 Å². The maximum atomic E-state index is 12.3. The van der Waals surface area contributed by atoms with Crippen LogP contribution in [-0.2, 0) is 0 Å². The third kappa shape index (κ3) is 3.03. The molecule has 2 rings (SSSR count). The number of fused-ring (bicyclic) bond motifs is 1. The maximum absolute atomic E-state index is 12.3. The van der Waals surface area contributed by atoms with Crippen LogP contribution in [0.4, 0.5) is 0 Å². The highest BCUT2D eigenvalue weighted by atomic mass is 16.2. The number of carbonyl (C=O) groups is 1. The van der Waals surface area contributed by atoms with Gasteiger partial charge in [-0.05, 0) is 37.9 Å². The summed E-state index contributed by atoms with van der Waals surface area (Å²) in [7, 11) is 0. The smallest absolute Gasteiger partial charge is 0.270 e. The Morgan fingerprint density at radius 3 is 2.95 bits per heavy atom. The molecule has 0 radical (unpaired) electrons. The van der Waals surface area contributed by atoms with Crippen LogP contribution >= 0.6 is 0 Å². The molecule has 0 atom stereocenters. The minimum atomic E-state index is -0.393. The van der Waals surface area contributed by atoms with Gasteiger partial charge in [-0.3, -0.25) is 14.0 Å². The number of aryl methyl sites for hydroxylation is 1. The van der Waals surface area contributed by atoms with E-state index >= 15 is 0 Å². The number of rotatable bonds is 5. The first-order valence-corrected chi connectivity index (χ1v) is 6.60. The molecule has 0 unspecified atom stereocenters. The Bertz CT molecular complexity index is 678. The molecule has 20 heavy (non-hydrogen) atoms. The van der Waals surface area contributed by atoms with Gasteiger partial charge in [-0.25, -0.2) is 4.98 Å². The van der Waals surface area contributed by atoms with Gasteiger partial charge in [0, 0.05) is 18.9 Å². The third-order valence-electron chi connectivity index (χ3n) is 3.01. The maximum Gasteiger partial charge on any atom is 0.270 e. The Hall–Kier alpha value is -2.21. The molecule has 0 aromatic carbocycles. The van der Waals surface area contributed by atoms with Crippen LogP contribution in [0.25, 0.3) is 5.65 Å². The van der Waals surface area contributed by atoms with Crippen LogP contribution in [0.2, 0.25) is 0 Å². The number of hydrogen-bond donors (Lipinski definition) is 2. The molecule has 106 valence electrons. The number of unbranched alkanes of at least 4 members (excludes halogenated alkanes) is 1. The summed E-state index contributed by atoms with van der Waals surface area (Å²) in [6.45, 7) is 2.98. The fourth-order valence-corrected chi connectivity index (χ4v) is 1.90. The number of nitrogens with one attached hydrogen (secondary N) is 1. The zero-order chi connectivity index (χ0) is 14.5. The quantitative estimate of drug-likeness (QED) is 0.776. The molecule has 6 heteroatoms. The van der Waals surface area contributed by atoms with Crippen LogP contribution in [0.1, 0.15) is 28.8 Å². The molecule has 0 aliphatic heterocycles. The third-order valence-corrected chi connectivity index (χ3v) is 3.01. The van der Waals surface area contributed by atoms with E-state index in [4.69, 9.17) is 5.73 Å². The van der Waals surface area contributed by atoms with E-state index in [2.05, 4.69) is 10.3 Å². The average Bonchev–Trinajstić information content (AvgIpc) is 2.44. The van der Waals surface area contributed by atoms with Gasteiger partial charge in [0.05, 0.1) is 0 Å².